The topological polar surface area (TPSA) is 85.4 Å². The first-order valence-corrected chi connectivity index (χ1v) is 7.23. The highest BCUT2D eigenvalue weighted by atomic mass is 16.5. The van der Waals surface area contributed by atoms with Gasteiger partial charge in [-0.05, 0) is 30.7 Å². The summed E-state index contributed by atoms with van der Waals surface area (Å²) in [5.41, 5.74) is 1.32. The molecule has 0 spiro atoms. The van der Waals surface area contributed by atoms with Crippen LogP contribution in [0.25, 0.3) is 0 Å². The predicted molar refractivity (Wildman–Crippen MR) is 88.1 cm³/mol. The number of anilines is 3. The number of ether oxygens (including phenoxy) is 2. The molecule has 7 heteroatoms. The van der Waals surface area contributed by atoms with Gasteiger partial charge in [-0.2, -0.15) is 0 Å². The summed E-state index contributed by atoms with van der Waals surface area (Å²) >= 11 is 0. The van der Waals surface area contributed by atoms with E-state index in [1.165, 1.54) is 13.4 Å². The molecule has 0 amide bonds. The molecule has 2 rings (SSSR count). The highest BCUT2D eigenvalue weighted by Crippen LogP contribution is 2.17. The SMILES string of the molecule is COCCCNc1cc(Nc2ccc(C(=O)OC)cc2)ncn1. The van der Waals surface area contributed by atoms with Crippen LogP contribution in [0.2, 0.25) is 0 Å². The van der Waals surface area contributed by atoms with Gasteiger partial charge in [-0.25, -0.2) is 14.8 Å². The first-order valence-electron chi connectivity index (χ1n) is 7.23. The number of aromatic nitrogens is 2. The zero-order valence-corrected chi connectivity index (χ0v) is 13.2. The van der Waals surface area contributed by atoms with Gasteiger partial charge in [0, 0.05) is 32.0 Å². The van der Waals surface area contributed by atoms with Gasteiger partial charge in [-0.1, -0.05) is 0 Å². The van der Waals surface area contributed by atoms with Crippen LogP contribution in [0.5, 0.6) is 0 Å². The van der Waals surface area contributed by atoms with Crippen molar-refractivity contribution in [3.05, 3.63) is 42.2 Å². The molecule has 0 aliphatic heterocycles. The highest BCUT2D eigenvalue weighted by Gasteiger charge is 2.05. The molecule has 7 nitrogen and oxygen atoms in total. The van der Waals surface area contributed by atoms with Gasteiger partial charge >= 0.3 is 5.97 Å². The summed E-state index contributed by atoms with van der Waals surface area (Å²) < 4.78 is 9.67. The van der Waals surface area contributed by atoms with Gasteiger partial charge in [0.25, 0.3) is 0 Å². The highest BCUT2D eigenvalue weighted by molar-refractivity contribution is 5.89. The molecule has 0 saturated heterocycles. The first kappa shape index (κ1) is 16.7. The fourth-order valence-electron chi connectivity index (χ4n) is 1.91. The van der Waals surface area contributed by atoms with Crippen molar-refractivity contribution in [2.24, 2.45) is 0 Å². The van der Waals surface area contributed by atoms with Gasteiger partial charge in [0.05, 0.1) is 12.7 Å². The monoisotopic (exact) mass is 316 g/mol. The second-order valence-electron chi connectivity index (χ2n) is 4.76. The van der Waals surface area contributed by atoms with Crippen molar-refractivity contribution in [2.45, 2.75) is 6.42 Å². The van der Waals surface area contributed by atoms with Crippen molar-refractivity contribution in [1.29, 1.82) is 0 Å². The molecule has 0 atom stereocenters. The quantitative estimate of drug-likeness (QED) is 0.571. The lowest BCUT2D eigenvalue weighted by Gasteiger charge is -2.09. The lowest BCUT2D eigenvalue weighted by molar-refractivity contribution is 0.0601. The molecule has 0 radical (unpaired) electrons. The summed E-state index contributed by atoms with van der Waals surface area (Å²) in [5.74, 6) is 1.05. The molecule has 0 fully saturated rings. The van der Waals surface area contributed by atoms with Crippen LogP contribution in [-0.2, 0) is 9.47 Å². The number of rotatable bonds is 8. The van der Waals surface area contributed by atoms with Crippen molar-refractivity contribution in [3.63, 3.8) is 0 Å². The van der Waals surface area contributed by atoms with Crippen LogP contribution >= 0.6 is 0 Å². The number of hydrogen-bond donors (Lipinski definition) is 2. The fraction of sp³-hybridized carbons (Fsp3) is 0.312. The minimum absolute atomic E-state index is 0.360. The van der Waals surface area contributed by atoms with Crippen LogP contribution in [-0.4, -0.2) is 43.3 Å². The Bertz CT molecular complexity index is 631. The lowest BCUT2D eigenvalue weighted by Crippen LogP contribution is -2.07. The van der Waals surface area contributed by atoms with Crippen molar-refractivity contribution < 1.29 is 14.3 Å². The first-order chi connectivity index (χ1) is 11.2. The molecule has 0 aliphatic rings. The van der Waals surface area contributed by atoms with E-state index in [2.05, 4.69) is 25.3 Å². The molecule has 1 aromatic carbocycles. The van der Waals surface area contributed by atoms with Gasteiger partial charge in [0.15, 0.2) is 0 Å². The Kier molecular flexibility index (Phi) is 6.31. The summed E-state index contributed by atoms with van der Waals surface area (Å²) in [6.07, 6.45) is 2.39. The molecule has 1 heterocycles. The summed E-state index contributed by atoms with van der Waals surface area (Å²) in [6, 6.07) is 8.79. The number of hydrogen-bond acceptors (Lipinski definition) is 7. The smallest absolute Gasteiger partial charge is 0.337 e. The molecule has 0 saturated carbocycles. The average molecular weight is 316 g/mol. The lowest BCUT2D eigenvalue weighted by atomic mass is 10.2. The molecule has 1 aromatic heterocycles. The van der Waals surface area contributed by atoms with Gasteiger partial charge in [0.1, 0.15) is 18.0 Å². The maximum atomic E-state index is 11.4. The Balaban J connectivity index is 1.95. The van der Waals surface area contributed by atoms with E-state index in [-0.39, 0.29) is 5.97 Å². The van der Waals surface area contributed by atoms with Crippen molar-refractivity contribution in [1.82, 2.24) is 9.97 Å². The van der Waals surface area contributed by atoms with Crippen LogP contribution < -0.4 is 10.6 Å². The minimum Gasteiger partial charge on any atom is -0.465 e. The Morgan fingerprint density at radius 3 is 2.57 bits per heavy atom. The van der Waals surface area contributed by atoms with Gasteiger partial charge < -0.3 is 20.1 Å². The average Bonchev–Trinajstić information content (AvgIpc) is 2.59. The third-order valence-electron chi connectivity index (χ3n) is 3.08. The van der Waals surface area contributed by atoms with Crippen molar-refractivity contribution >= 4 is 23.3 Å². The third kappa shape index (κ3) is 5.23. The van der Waals surface area contributed by atoms with Crippen LogP contribution in [0, 0.1) is 0 Å². The standard InChI is InChI=1S/C16H20N4O3/c1-22-9-3-8-17-14-10-15(19-11-18-14)20-13-6-4-12(5-7-13)16(21)23-2/h4-7,10-11H,3,8-9H2,1-2H3,(H2,17,18,19,20). The molecule has 122 valence electrons. The van der Waals surface area contributed by atoms with E-state index >= 15 is 0 Å². The van der Waals surface area contributed by atoms with E-state index in [0.717, 1.165) is 24.5 Å². The number of nitrogens with zero attached hydrogens (tertiary/aromatic N) is 2. The number of esters is 1. The van der Waals surface area contributed by atoms with Crippen molar-refractivity contribution in [2.75, 3.05) is 38.0 Å². The van der Waals surface area contributed by atoms with Gasteiger partial charge in [0.2, 0.25) is 0 Å². The van der Waals surface area contributed by atoms with Crippen LogP contribution in [0.4, 0.5) is 17.3 Å². The Hall–Kier alpha value is -2.67. The second-order valence-corrected chi connectivity index (χ2v) is 4.76. The maximum absolute atomic E-state index is 11.4. The summed E-state index contributed by atoms with van der Waals surface area (Å²) in [4.78, 5) is 19.7. The largest absolute Gasteiger partial charge is 0.465 e. The number of nitrogens with one attached hydrogen (secondary N) is 2. The van der Waals surface area contributed by atoms with E-state index in [0.29, 0.717) is 18.0 Å². The predicted octanol–water partition coefficient (Wildman–Crippen LogP) is 2.46. The van der Waals surface area contributed by atoms with Crippen LogP contribution in [0.1, 0.15) is 16.8 Å². The molecule has 2 aromatic rings. The van der Waals surface area contributed by atoms with Crippen molar-refractivity contribution in [3.8, 4) is 0 Å². The Morgan fingerprint density at radius 2 is 1.87 bits per heavy atom. The third-order valence-corrected chi connectivity index (χ3v) is 3.08. The summed E-state index contributed by atoms with van der Waals surface area (Å²) in [6.45, 7) is 1.48. The van der Waals surface area contributed by atoms with E-state index in [4.69, 9.17) is 4.74 Å². The van der Waals surface area contributed by atoms with Crippen LogP contribution in [0.15, 0.2) is 36.7 Å². The van der Waals surface area contributed by atoms with E-state index < -0.39 is 0 Å². The van der Waals surface area contributed by atoms with Crippen LogP contribution in [0.3, 0.4) is 0 Å². The maximum Gasteiger partial charge on any atom is 0.337 e. The zero-order valence-electron chi connectivity index (χ0n) is 13.2. The molecule has 0 unspecified atom stereocenters. The molecular formula is C16H20N4O3. The molecule has 0 bridgehead atoms. The second kappa shape index (κ2) is 8.70. The minimum atomic E-state index is -0.360. The number of benzene rings is 1. The van der Waals surface area contributed by atoms with E-state index in [9.17, 15) is 4.79 Å². The fourth-order valence-corrected chi connectivity index (χ4v) is 1.91. The molecule has 0 aliphatic carbocycles. The molecule has 2 N–H and O–H groups in total. The Morgan fingerprint density at radius 1 is 1.13 bits per heavy atom. The molecular weight excluding hydrogens is 296 g/mol. The normalized spacial score (nSPS) is 10.2. The van der Waals surface area contributed by atoms with E-state index in [1.807, 2.05) is 6.07 Å². The summed E-state index contributed by atoms with van der Waals surface area (Å²) in [5, 5.41) is 6.37. The summed E-state index contributed by atoms with van der Waals surface area (Å²) in [7, 11) is 3.04. The van der Waals surface area contributed by atoms with Gasteiger partial charge in [-0.3, -0.25) is 0 Å². The number of carbonyl (C=O) groups is 1. The van der Waals surface area contributed by atoms with E-state index in [1.54, 1.807) is 31.4 Å². The van der Waals surface area contributed by atoms with Gasteiger partial charge in [-0.15, -0.1) is 0 Å². The number of methoxy groups -OCH3 is 2. The molecule has 23 heavy (non-hydrogen) atoms. The zero-order chi connectivity index (χ0) is 16.5. The Labute approximate surface area is 135 Å². The number of carbonyl (C=O) groups excluding carboxylic acids is 1.